The lowest BCUT2D eigenvalue weighted by Crippen LogP contribution is -1.93. The van der Waals surface area contributed by atoms with Crippen LogP contribution in [-0.2, 0) is 13.0 Å². The van der Waals surface area contributed by atoms with Crippen LogP contribution in [0.5, 0.6) is 0 Å². The van der Waals surface area contributed by atoms with Crippen LogP contribution in [0.15, 0.2) is 6.20 Å². The van der Waals surface area contributed by atoms with E-state index in [9.17, 15) is 0 Å². The number of aromatic nitrogens is 3. The number of rotatable bonds is 12. The predicted octanol–water partition coefficient (Wildman–Crippen LogP) is 4.76. The molecule has 0 saturated carbocycles. The second kappa shape index (κ2) is 11.0. The summed E-state index contributed by atoms with van der Waals surface area (Å²) in [4.78, 5) is 0. The van der Waals surface area contributed by atoms with E-state index in [4.69, 9.17) is 0 Å². The molecule has 0 aliphatic rings. The van der Waals surface area contributed by atoms with E-state index in [0.29, 0.717) is 0 Å². The summed E-state index contributed by atoms with van der Waals surface area (Å²) in [7, 11) is 0. The molecule has 0 atom stereocenters. The average Bonchev–Trinajstić information content (AvgIpc) is 2.89. The summed E-state index contributed by atoms with van der Waals surface area (Å²) in [5.41, 5.74) is 1.15. The number of unbranched alkanes of at least 4 members (excludes halogenated alkanes) is 9. The summed E-state index contributed by atoms with van der Waals surface area (Å²) in [6.07, 6.45) is 17.1. The van der Waals surface area contributed by atoms with Gasteiger partial charge in [-0.15, -0.1) is 5.10 Å². The van der Waals surface area contributed by atoms with Crippen LogP contribution in [0.4, 0.5) is 0 Å². The Balaban J connectivity index is 1.86. The lowest BCUT2D eigenvalue weighted by Gasteiger charge is -2.01. The van der Waals surface area contributed by atoms with Crippen molar-refractivity contribution < 1.29 is 0 Å². The Bertz CT molecular complexity index is 307. The molecule has 0 aromatic carbocycles. The molecule has 0 N–H and O–H groups in total. The Labute approximate surface area is 118 Å². The maximum absolute atomic E-state index is 4.18. The molecule has 0 radical (unpaired) electrons. The van der Waals surface area contributed by atoms with Crippen LogP contribution in [0.25, 0.3) is 0 Å². The molecule has 0 fully saturated rings. The Kier molecular flexibility index (Phi) is 9.38. The van der Waals surface area contributed by atoms with Gasteiger partial charge in [0, 0.05) is 12.7 Å². The zero-order chi connectivity index (χ0) is 13.8. The van der Waals surface area contributed by atoms with Gasteiger partial charge in [0.2, 0.25) is 0 Å². The Morgan fingerprint density at radius 1 is 0.842 bits per heavy atom. The van der Waals surface area contributed by atoms with E-state index in [1.54, 1.807) is 0 Å². The Hall–Kier alpha value is -0.860. The number of aryl methyl sites for hydroxylation is 2. The van der Waals surface area contributed by atoms with Gasteiger partial charge in [0.25, 0.3) is 0 Å². The van der Waals surface area contributed by atoms with Gasteiger partial charge >= 0.3 is 0 Å². The van der Waals surface area contributed by atoms with Crippen LogP contribution in [0.3, 0.4) is 0 Å². The number of hydrogen-bond acceptors (Lipinski definition) is 2. The molecule has 0 spiro atoms. The van der Waals surface area contributed by atoms with Crippen molar-refractivity contribution in [2.45, 2.75) is 91.0 Å². The van der Waals surface area contributed by atoms with Gasteiger partial charge in [0.05, 0.1) is 5.69 Å². The second-order valence-electron chi connectivity index (χ2n) is 5.50. The molecule has 0 aliphatic heterocycles. The van der Waals surface area contributed by atoms with Crippen molar-refractivity contribution >= 4 is 0 Å². The highest BCUT2D eigenvalue weighted by molar-refractivity contribution is 4.91. The standard InChI is InChI=1S/C16H31N3/c1-3-5-6-7-8-9-10-11-12-13-14-16-15-19(4-2)18-17-16/h15H,3-14H2,1-2H3. The fourth-order valence-electron chi connectivity index (χ4n) is 2.40. The van der Waals surface area contributed by atoms with Crippen LogP contribution in [0, 0.1) is 0 Å². The van der Waals surface area contributed by atoms with E-state index >= 15 is 0 Å². The molecule has 0 amide bonds. The molecule has 0 aliphatic carbocycles. The first-order valence-electron chi connectivity index (χ1n) is 8.25. The van der Waals surface area contributed by atoms with Crippen molar-refractivity contribution in [2.24, 2.45) is 0 Å². The van der Waals surface area contributed by atoms with E-state index in [2.05, 4.69) is 30.4 Å². The summed E-state index contributed by atoms with van der Waals surface area (Å²) in [6, 6.07) is 0. The van der Waals surface area contributed by atoms with Gasteiger partial charge in [-0.1, -0.05) is 69.9 Å². The van der Waals surface area contributed by atoms with Crippen molar-refractivity contribution in [3.8, 4) is 0 Å². The molecular weight excluding hydrogens is 234 g/mol. The molecule has 110 valence electrons. The highest BCUT2D eigenvalue weighted by Crippen LogP contribution is 2.11. The van der Waals surface area contributed by atoms with Crippen molar-refractivity contribution in [1.29, 1.82) is 0 Å². The summed E-state index contributed by atoms with van der Waals surface area (Å²) < 4.78 is 1.91. The molecule has 0 saturated heterocycles. The quantitative estimate of drug-likeness (QED) is 0.510. The van der Waals surface area contributed by atoms with Crippen LogP contribution < -0.4 is 0 Å². The molecule has 3 heteroatoms. The fourth-order valence-corrected chi connectivity index (χ4v) is 2.40. The number of hydrogen-bond donors (Lipinski definition) is 0. The molecule has 0 unspecified atom stereocenters. The fraction of sp³-hybridized carbons (Fsp3) is 0.875. The van der Waals surface area contributed by atoms with Crippen molar-refractivity contribution in [2.75, 3.05) is 0 Å². The summed E-state index contributed by atoms with van der Waals surface area (Å²) in [5, 5.41) is 8.24. The summed E-state index contributed by atoms with van der Waals surface area (Å²) in [6.45, 7) is 5.29. The summed E-state index contributed by atoms with van der Waals surface area (Å²) in [5.74, 6) is 0. The third-order valence-corrected chi connectivity index (χ3v) is 3.70. The Morgan fingerprint density at radius 3 is 1.95 bits per heavy atom. The molecule has 1 heterocycles. The van der Waals surface area contributed by atoms with Crippen molar-refractivity contribution in [3.05, 3.63) is 11.9 Å². The van der Waals surface area contributed by atoms with Gasteiger partial charge in [-0.05, 0) is 19.8 Å². The van der Waals surface area contributed by atoms with Gasteiger partial charge in [-0.2, -0.15) is 0 Å². The van der Waals surface area contributed by atoms with E-state index < -0.39 is 0 Å². The third kappa shape index (κ3) is 8.02. The van der Waals surface area contributed by atoms with Crippen LogP contribution in [0.2, 0.25) is 0 Å². The highest BCUT2D eigenvalue weighted by atomic mass is 15.4. The van der Waals surface area contributed by atoms with E-state index in [0.717, 1.165) is 18.7 Å². The van der Waals surface area contributed by atoms with Crippen LogP contribution >= 0.6 is 0 Å². The van der Waals surface area contributed by atoms with Gasteiger partial charge < -0.3 is 0 Å². The smallest absolute Gasteiger partial charge is 0.0827 e. The van der Waals surface area contributed by atoms with E-state index in [1.807, 2.05) is 4.68 Å². The molecule has 1 aromatic rings. The Morgan fingerprint density at radius 2 is 1.42 bits per heavy atom. The lowest BCUT2D eigenvalue weighted by molar-refractivity contribution is 0.555. The van der Waals surface area contributed by atoms with E-state index in [1.165, 1.54) is 64.2 Å². The van der Waals surface area contributed by atoms with Crippen molar-refractivity contribution in [3.63, 3.8) is 0 Å². The average molecular weight is 265 g/mol. The molecule has 1 rings (SSSR count). The minimum Gasteiger partial charge on any atom is -0.253 e. The van der Waals surface area contributed by atoms with Gasteiger partial charge in [-0.25, -0.2) is 0 Å². The maximum atomic E-state index is 4.18. The normalized spacial score (nSPS) is 11.1. The second-order valence-corrected chi connectivity index (χ2v) is 5.50. The van der Waals surface area contributed by atoms with Crippen LogP contribution in [0.1, 0.15) is 83.7 Å². The van der Waals surface area contributed by atoms with Gasteiger partial charge in [0.1, 0.15) is 0 Å². The monoisotopic (exact) mass is 265 g/mol. The molecule has 19 heavy (non-hydrogen) atoms. The first-order valence-corrected chi connectivity index (χ1v) is 8.25. The number of nitrogens with zero attached hydrogens (tertiary/aromatic N) is 3. The minimum absolute atomic E-state index is 0.922. The topological polar surface area (TPSA) is 30.7 Å². The highest BCUT2D eigenvalue weighted by Gasteiger charge is 1.99. The molecule has 0 bridgehead atoms. The van der Waals surface area contributed by atoms with Crippen molar-refractivity contribution in [1.82, 2.24) is 15.0 Å². The SMILES string of the molecule is CCCCCCCCCCCCc1cn(CC)nn1. The molecule has 3 nitrogen and oxygen atoms in total. The first kappa shape index (κ1) is 16.2. The van der Waals surface area contributed by atoms with Crippen LogP contribution in [-0.4, -0.2) is 15.0 Å². The van der Waals surface area contributed by atoms with Gasteiger partial charge in [-0.3, -0.25) is 4.68 Å². The van der Waals surface area contributed by atoms with Gasteiger partial charge in [0.15, 0.2) is 0 Å². The minimum atomic E-state index is 0.922. The maximum Gasteiger partial charge on any atom is 0.0827 e. The zero-order valence-corrected chi connectivity index (χ0v) is 12.9. The molecular formula is C16H31N3. The third-order valence-electron chi connectivity index (χ3n) is 3.70. The largest absolute Gasteiger partial charge is 0.253 e. The zero-order valence-electron chi connectivity index (χ0n) is 12.9. The first-order chi connectivity index (χ1) is 9.36. The predicted molar refractivity (Wildman–Crippen MR) is 81.2 cm³/mol. The van der Waals surface area contributed by atoms with E-state index in [-0.39, 0.29) is 0 Å². The lowest BCUT2D eigenvalue weighted by atomic mass is 10.1. The molecule has 1 aromatic heterocycles. The summed E-state index contributed by atoms with van der Waals surface area (Å²) >= 11 is 0.